The highest BCUT2D eigenvalue weighted by molar-refractivity contribution is 7.91. The molecular formula is C14H19N3O3S. The minimum absolute atomic E-state index is 0.00343. The Morgan fingerprint density at radius 2 is 2.10 bits per heavy atom. The second-order valence-electron chi connectivity index (χ2n) is 5.83. The van der Waals surface area contributed by atoms with Crippen LogP contribution < -0.4 is 10.2 Å². The van der Waals surface area contributed by atoms with Gasteiger partial charge in [0.05, 0.1) is 23.4 Å². The third-order valence-corrected chi connectivity index (χ3v) is 5.86. The van der Waals surface area contributed by atoms with Crippen molar-refractivity contribution in [3.05, 3.63) is 18.3 Å². The predicted molar refractivity (Wildman–Crippen MR) is 81.1 cm³/mol. The summed E-state index contributed by atoms with van der Waals surface area (Å²) in [6.45, 7) is 0. The average molecular weight is 309 g/mol. The Morgan fingerprint density at radius 3 is 2.62 bits per heavy atom. The fourth-order valence-electron chi connectivity index (χ4n) is 2.53. The molecule has 1 saturated carbocycles. The number of sulfone groups is 1. The summed E-state index contributed by atoms with van der Waals surface area (Å²) in [5.41, 5.74) is 0.863. The van der Waals surface area contributed by atoms with Crippen LogP contribution in [0.2, 0.25) is 0 Å². The van der Waals surface area contributed by atoms with Gasteiger partial charge in [-0.15, -0.1) is 0 Å². The highest BCUT2D eigenvalue weighted by atomic mass is 32.2. The van der Waals surface area contributed by atoms with Gasteiger partial charge in [0.15, 0.2) is 9.84 Å². The second-order valence-corrected chi connectivity index (χ2v) is 8.06. The van der Waals surface area contributed by atoms with Gasteiger partial charge in [0.2, 0.25) is 5.91 Å². The molecule has 1 aliphatic carbocycles. The molecular weight excluding hydrogens is 290 g/mol. The molecule has 1 aromatic rings. The lowest BCUT2D eigenvalue weighted by atomic mass is 10.2. The molecule has 1 saturated heterocycles. The highest BCUT2D eigenvalue weighted by Gasteiger charge is 2.31. The van der Waals surface area contributed by atoms with Gasteiger partial charge in [0.25, 0.3) is 0 Å². The molecule has 1 aromatic heterocycles. The van der Waals surface area contributed by atoms with Crippen LogP contribution in [0.25, 0.3) is 0 Å². The van der Waals surface area contributed by atoms with E-state index in [-0.39, 0.29) is 29.4 Å². The van der Waals surface area contributed by atoms with E-state index in [2.05, 4.69) is 10.3 Å². The van der Waals surface area contributed by atoms with Gasteiger partial charge in [-0.05, 0) is 31.4 Å². The summed E-state index contributed by atoms with van der Waals surface area (Å²) in [7, 11) is -1.01. The smallest absolute Gasteiger partial charge is 0.228 e. The molecule has 1 unspecified atom stereocenters. The van der Waals surface area contributed by atoms with Crippen molar-refractivity contribution in [2.75, 3.05) is 28.8 Å². The molecule has 0 bridgehead atoms. The Bertz CT molecular complexity index is 638. The first-order chi connectivity index (χ1) is 9.94. The van der Waals surface area contributed by atoms with Crippen molar-refractivity contribution in [2.24, 2.45) is 5.92 Å². The molecule has 6 nitrogen and oxygen atoms in total. The van der Waals surface area contributed by atoms with Crippen molar-refractivity contribution >= 4 is 27.2 Å². The van der Waals surface area contributed by atoms with E-state index in [1.54, 1.807) is 12.3 Å². The van der Waals surface area contributed by atoms with E-state index >= 15 is 0 Å². The van der Waals surface area contributed by atoms with Crippen molar-refractivity contribution in [2.45, 2.75) is 25.3 Å². The van der Waals surface area contributed by atoms with Crippen molar-refractivity contribution in [3.8, 4) is 0 Å². The summed E-state index contributed by atoms with van der Waals surface area (Å²) in [6.07, 6.45) is 4.25. The second kappa shape index (κ2) is 5.29. The highest BCUT2D eigenvalue weighted by Crippen LogP contribution is 2.30. The van der Waals surface area contributed by atoms with Gasteiger partial charge in [-0.3, -0.25) is 4.79 Å². The van der Waals surface area contributed by atoms with E-state index in [0.717, 1.165) is 18.5 Å². The number of carbonyl (C=O) groups is 1. The van der Waals surface area contributed by atoms with Crippen LogP contribution in [0, 0.1) is 5.92 Å². The average Bonchev–Trinajstić information content (AvgIpc) is 3.23. The first-order valence-corrected chi connectivity index (χ1v) is 8.97. The van der Waals surface area contributed by atoms with Crippen LogP contribution in [0.3, 0.4) is 0 Å². The number of carbonyl (C=O) groups excluding carboxylic acids is 1. The van der Waals surface area contributed by atoms with Crippen molar-refractivity contribution in [1.82, 2.24) is 4.98 Å². The van der Waals surface area contributed by atoms with E-state index < -0.39 is 9.84 Å². The maximum atomic E-state index is 11.6. The van der Waals surface area contributed by atoms with Crippen LogP contribution in [-0.2, 0) is 14.6 Å². The minimum Gasteiger partial charge on any atom is -0.369 e. The number of aromatic nitrogens is 1. The zero-order valence-corrected chi connectivity index (χ0v) is 12.8. The van der Waals surface area contributed by atoms with E-state index in [4.69, 9.17) is 0 Å². The summed E-state index contributed by atoms with van der Waals surface area (Å²) in [5.74, 6) is 1.18. The number of nitrogens with zero attached hydrogens (tertiary/aromatic N) is 2. The molecule has 0 spiro atoms. The molecule has 21 heavy (non-hydrogen) atoms. The van der Waals surface area contributed by atoms with Gasteiger partial charge in [0, 0.05) is 19.0 Å². The molecule has 2 heterocycles. The normalized spacial score (nSPS) is 23.8. The summed E-state index contributed by atoms with van der Waals surface area (Å²) in [5, 5.41) is 2.79. The summed E-state index contributed by atoms with van der Waals surface area (Å²) < 4.78 is 23.1. The van der Waals surface area contributed by atoms with E-state index in [0.29, 0.717) is 12.2 Å². The third-order valence-electron chi connectivity index (χ3n) is 4.11. The standard InChI is InChI=1S/C14H19N3O3S/c1-17(12-6-7-21(19,20)9-12)11-4-5-13(15-8-11)16-14(18)10-2-3-10/h4-5,8,10,12H,2-3,6-7,9H2,1H3,(H,15,16,18). The van der Waals surface area contributed by atoms with Gasteiger partial charge in [-0.1, -0.05) is 0 Å². The minimum atomic E-state index is -2.89. The van der Waals surface area contributed by atoms with Crippen LogP contribution in [0.1, 0.15) is 19.3 Å². The van der Waals surface area contributed by atoms with Gasteiger partial charge in [0.1, 0.15) is 5.82 Å². The predicted octanol–water partition coefficient (Wildman–Crippen LogP) is 1.05. The molecule has 3 rings (SSSR count). The van der Waals surface area contributed by atoms with E-state index in [1.165, 1.54) is 0 Å². The lowest BCUT2D eigenvalue weighted by Crippen LogP contribution is -2.32. The number of amides is 1. The van der Waals surface area contributed by atoms with Crippen LogP contribution in [0.4, 0.5) is 11.5 Å². The zero-order chi connectivity index (χ0) is 15.0. The molecule has 2 fully saturated rings. The quantitative estimate of drug-likeness (QED) is 0.899. The topological polar surface area (TPSA) is 79.4 Å². The molecule has 7 heteroatoms. The van der Waals surface area contributed by atoms with Gasteiger partial charge >= 0.3 is 0 Å². The lowest BCUT2D eigenvalue weighted by molar-refractivity contribution is -0.117. The molecule has 1 atom stereocenters. The number of rotatable bonds is 4. The van der Waals surface area contributed by atoms with E-state index in [9.17, 15) is 13.2 Å². The Labute approximate surface area is 124 Å². The largest absolute Gasteiger partial charge is 0.369 e. The van der Waals surface area contributed by atoms with E-state index in [1.807, 2.05) is 18.0 Å². The Kier molecular flexibility index (Phi) is 3.61. The molecule has 1 N–H and O–H groups in total. The Hall–Kier alpha value is -1.63. The maximum absolute atomic E-state index is 11.6. The van der Waals surface area contributed by atoms with Gasteiger partial charge in [-0.25, -0.2) is 13.4 Å². The van der Waals surface area contributed by atoms with Crippen molar-refractivity contribution < 1.29 is 13.2 Å². The van der Waals surface area contributed by atoms with Crippen LogP contribution in [-0.4, -0.2) is 43.9 Å². The maximum Gasteiger partial charge on any atom is 0.228 e. The molecule has 1 aliphatic heterocycles. The van der Waals surface area contributed by atoms with Gasteiger partial charge in [-0.2, -0.15) is 0 Å². The first-order valence-electron chi connectivity index (χ1n) is 7.15. The summed E-state index contributed by atoms with van der Waals surface area (Å²) in [6, 6.07) is 3.62. The lowest BCUT2D eigenvalue weighted by Gasteiger charge is -2.25. The summed E-state index contributed by atoms with van der Waals surface area (Å²) in [4.78, 5) is 17.8. The van der Waals surface area contributed by atoms with Crippen molar-refractivity contribution in [3.63, 3.8) is 0 Å². The fraction of sp³-hybridized carbons (Fsp3) is 0.571. The molecule has 2 aliphatic rings. The fourth-order valence-corrected chi connectivity index (χ4v) is 4.31. The first kappa shape index (κ1) is 14.3. The zero-order valence-electron chi connectivity index (χ0n) is 11.9. The number of pyridine rings is 1. The van der Waals surface area contributed by atoms with Crippen LogP contribution >= 0.6 is 0 Å². The monoisotopic (exact) mass is 309 g/mol. The Balaban J connectivity index is 1.64. The Morgan fingerprint density at radius 1 is 1.33 bits per heavy atom. The molecule has 114 valence electrons. The van der Waals surface area contributed by atoms with Crippen molar-refractivity contribution in [1.29, 1.82) is 0 Å². The molecule has 1 amide bonds. The van der Waals surface area contributed by atoms with Crippen LogP contribution in [0.15, 0.2) is 18.3 Å². The summed E-state index contributed by atoms with van der Waals surface area (Å²) >= 11 is 0. The number of anilines is 2. The van der Waals surface area contributed by atoms with Crippen LogP contribution in [0.5, 0.6) is 0 Å². The van der Waals surface area contributed by atoms with Gasteiger partial charge < -0.3 is 10.2 Å². The third kappa shape index (κ3) is 3.34. The SMILES string of the molecule is CN(c1ccc(NC(=O)C2CC2)nc1)C1CCS(=O)(=O)C1. The number of nitrogens with one attached hydrogen (secondary N) is 1. The number of hydrogen-bond acceptors (Lipinski definition) is 5. The number of hydrogen-bond donors (Lipinski definition) is 1. The molecule has 0 aromatic carbocycles. The molecule has 0 radical (unpaired) electrons.